The fourth-order valence-electron chi connectivity index (χ4n) is 2.38. The summed E-state index contributed by atoms with van der Waals surface area (Å²) < 4.78 is 1.20. The van der Waals surface area contributed by atoms with Crippen LogP contribution in [-0.2, 0) is 5.41 Å². The van der Waals surface area contributed by atoms with E-state index in [0.717, 1.165) is 30.0 Å². The molecule has 1 aromatic heterocycles. The molecule has 2 aromatic rings. The highest BCUT2D eigenvalue weighted by Crippen LogP contribution is 2.36. The number of benzene rings is 1. The number of thioether (sulfide) groups is 1. The molecule has 2 heterocycles. The summed E-state index contributed by atoms with van der Waals surface area (Å²) >= 11 is 3.77. The zero-order valence-electron chi connectivity index (χ0n) is 12.3. The van der Waals surface area contributed by atoms with Crippen molar-refractivity contribution < 1.29 is 0 Å². The third-order valence-electron chi connectivity index (χ3n) is 3.53. The highest BCUT2D eigenvalue weighted by Gasteiger charge is 2.21. The number of nitrogen functional groups attached to an aromatic ring is 1. The highest BCUT2D eigenvalue weighted by atomic mass is 32.2. The normalized spacial score (nSPS) is 16.9. The van der Waals surface area contributed by atoms with Crippen LogP contribution in [0.25, 0.3) is 10.2 Å². The Hall–Kier alpha value is -0.940. The van der Waals surface area contributed by atoms with Gasteiger partial charge in [-0.1, -0.05) is 20.8 Å². The Balaban J connectivity index is 2.04. The Morgan fingerprint density at radius 1 is 1.20 bits per heavy atom. The molecule has 0 aliphatic carbocycles. The first-order chi connectivity index (χ1) is 9.45. The van der Waals surface area contributed by atoms with Gasteiger partial charge in [0.05, 0.1) is 26.6 Å². The third-order valence-corrected chi connectivity index (χ3v) is 5.92. The zero-order chi connectivity index (χ0) is 14.3. The Morgan fingerprint density at radius 2 is 1.90 bits per heavy atom. The quantitative estimate of drug-likeness (QED) is 0.815. The van der Waals surface area contributed by atoms with Gasteiger partial charge in [-0.3, -0.25) is 0 Å². The molecule has 3 rings (SSSR count). The van der Waals surface area contributed by atoms with E-state index in [4.69, 9.17) is 10.7 Å². The van der Waals surface area contributed by atoms with E-state index in [9.17, 15) is 0 Å². The average molecular weight is 307 g/mol. The SMILES string of the molecule is CC(C)(C)c1nc2cc(N3CCSCC3)c(N)cc2s1. The lowest BCUT2D eigenvalue weighted by Crippen LogP contribution is -2.32. The summed E-state index contributed by atoms with van der Waals surface area (Å²) in [4.78, 5) is 7.20. The summed E-state index contributed by atoms with van der Waals surface area (Å²) in [5.41, 5.74) is 9.49. The standard InChI is InChI=1S/C15H21N3S2/c1-15(2,3)14-17-11-9-12(10(16)8-13(11)20-14)18-4-6-19-7-5-18/h8-9H,4-7,16H2,1-3H3. The first-order valence-electron chi connectivity index (χ1n) is 6.98. The van der Waals surface area contributed by atoms with Crippen LogP contribution >= 0.6 is 23.1 Å². The van der Waals surface area contributed by atoms with Gasteiger partial charge in [-0.05, 0) is 12.1 Å². The molecule has 1 aliphatic rings. The van der Waals surface area contributed by atoms with Crippen LogP contribution in [0.5, 0.6) is 0 Å². The molecular formula is C15H21N3S2. The molecule has 3 nitrogen and oxygen atoms in total. The lowest BCUT2D eigenvalue weighted by molar-refractivity contribution is 0.587. The van der Waals surface area contributed by atoms with Crippen molar-refractivity contribution in [3.8, 4) is 0 Å². The predicted octanol–water partition coefficient (Wildman–Crippen LogP) is 3.73. The Morgan fingerprint density at radius 3 is 2.55 bits per heavy atom. The molecule has 1 saturated heterocycles. The summed E-state index contributed by atoms with van der Waals surface area (Å²) in [5.74, 6) is 2.36. The number of hydrogen-bond acceptors (Lipinski definition) is 5. The predicted molar refractivity (Wildman–Crippen MR) is 92.3 cm³/mol. The van der Waals surface area contributed by atoms with Crippen molar-refractivity contribution in [2.75, 3.05) is 35.2 Å². The van der Waals surface area contributed by atoms with Gasteiger partial charge in [-0.25, -0.2) is 4.98 Å². The van der Waals surface area contributed by atoms with Gasteiger partial charge in [0.2, 0.25) is 0 Å². The van der Waals surface area contributed by atoms with Crippen LogP contribution in [-0.4, -0.2) is 29.6 Å². The fraction of sp³-hybridized carbons (Fsp3) is 0.533. The first-order valence-corrected chi connectivity index (χ1v) is 8.95. The maximum atomic E-state index is 6.27. The number of aromatic nitrogens is 1. The second-order valence-electron chi connectivity index (χ2n) is 6.25. The zero-order valence-corrected chi connectivity index (χ0v) is 13.9. The van der Waals surface area contributed by atoms with Gasteiger partial charge in [0.25, 0.3) is 0 Å². The molecule has 0 saturated carbocycles. The number of thiazole rings is 1. The monoisotopic (exact) mass is 307 g/mol. The number of hydrogen-bond donors (Lipinski definition) is 1. The minimum absolute atomic E-state index is 0.0976. The maximum Gasteiger partial charge on any atom is 0.0992 e. The Labute approximate surface area is 128 Å². The van der Waals surface area contributed by atoms with Crippen LogP contribution in [0.1, 0.15) is 25.8 Å². The van der Waals surface area contributed by atoms with E-state index in [1.54, 1.807) is 11.3 Å². The van der Waals surface area contributed by atoms with Gasteiger partial charge < -0.3 is 10.6 Å². The van der Waals surface area contributed by atoms with Crippen LogP contribution in [0.3, 0.4) is 0 Å². The largest absolute Gasteiger partial charge is 0.397 e. The van der Waals surface area contributed by atoms with Gasteiger partial charge in [0, 0.05) is 30.0 Å². The van der Waals surface area contributed by atoms with Gasteiger partial charge in [-0.2, -0.15) is 11.8 Å². The van der Waals surface area contributed by atoms with Gasteiger partial charge in [0.15, 0.2) is 0 Å². The molecule has 0 radical (unpaired) electrons. The van der Waals surface area contributed by atoms with Crippen molar-refractivity contribution in [2.45, 2.75) is 26.2 Å². The van der Waals surface area contributed by atoms with Crippen LogP contribution in [0.4, 0.5) is 11.4 Å². The van der Waals surface area contributed by atoms with E-state index in [0.29, 0.717) is 0 Å². The lowest BCUT2D eigenvalue weighted by atomic mass is 9.98. The number of nitrogens with zero attached hydrogens (tertiary/aromatic N) is 2. The molecule has 1 fully saturated rings. The molecule has 0 atom stereocenters. The summed E-state index contributed by atoms with van der Waals surface area (Å²) in [6, 6.07) is 4.27. The fourth-order valence-corrected chi connectivity index (χ4v) is 4.33. The number of fused-ring (bicyclic) bond motifs is 1. The van der Waals surface area contributed by atoms with Crippen molar-refractivity contribution in [1.82, 2.24) is 4.98 Å². The van der Waals surface area contributed by atoms with Crippen LogP contribution in [0.15, 0.2) is 12.1 Å². The van der Waals surface area contributed by atoms with Crippen molar-refractivity contribution >= 4 is 44.7 Å². The van der Waals surface area contributed by atoms with Gasteiger partial charge >= 0.3 is 0 Å². The molecule has 0 amide bonds. The molecule has 20 heavy (non-hydrogen) atoms. The number of anilines is 2. The molecule has 1 aromatic carbocycles. The van der Waals surface area contributed by atoms with Crippen molar-refractivity contribution in [1.29, 1.82) is 0 Å². The van der Waals surface area contributed by atoms with Gasteiger partial charge in [0.1, 0.15) is 0 Å². The first kappa shape index (κ1) is 14.0. The van der Waals surface area contributed by atoms with E-state index >= 15 is 0 Å². The van der Waals surface area contributed by atoms with E-state index in [-0.39, 0.29) is 5.41 Å². The molecule has 0 spiro atoms. The third kappa shape index (κ3) is 2.61. The number of nitrogens with two attached hydrogens (primary N) is 1. The minimum Gasteiger partial charge on any atom is -0.397 e. The topological polar surface area (TPSA) is 42.2 Å². The maximum absolute atomic E-state index is 6.27. The molecule has 108 valence electrons. The second kappa shape index (κ2) is 5.11. The highest BCUT2D eigenvalue weighted by molar-refractivity contribution is 7.99. The summed E-state index contributed by atoms with van der Waals surface area (Å²) in [6.07, 6.45) is 0. The van der Waals surface area contributed by atoms with Crippen LogP contribution in [0, 0.1) is 0 Å². The average Bonchev–Trinajstić information content (AvgIpc) is 2.81. The summed E-state index contributed by atoms with van der Waals surface area (Å²) in [5, 5.41) is 1.18. The van der Waals surface area contributed by atoms with Crippen LogP contribution in [0.2, 0.25) is 0 Å². The molecule has 2 N–H and O–H groups in total. The van der Waals surface area contributed by atoms with E-state index in [1.165, 1.54) is 21.2 Å². The minimum atomic E-state index is 0.0976. The lowest BCUT2D eigenvalue weighted by Gasteiger charge is -2.29. The second-order valence-corrected chi connectivity index (χ2v) is 8.50. The van der Waals surface area contributed by atoms with E-state index in [1.807, 2.05) is 11.8 Å². The summed E-state index contributed by atoms with van der Waals surface area (Å²) in [6.45, 7) is 8.78. The van der Waals surface area contributed by atoms with Gasteiger partial charge in [-0.15, -0.1) is 11.3 Å². The van der Waals surface area contributed by atoms with E-state index in [2.05, 4.69) is 37.8 Å². The van der Waals surface area contributed by atoms with Crippen molar-refractivity contribution in [3.63, 3.8) is 0 Å². The van der Waals surface area contributed by atoms with Crippen LogP contribution < -0.4 is 10.6 Å². The summed E-state index contributed by atoms with van der Waals surface area (Å²) in [7, 11) is 0. The van der Waals surface area contributed by atoms with E-state index < -0.39 is 0 Å². The molecule has 1 aliphatic heterocycles. The smallest absolute Gasteiger partial charge is 0.0992 e. The van der Waals surface area contributed by atoms with Crippen molar-refractivity contribution in [2.24, 2.45) is 0 Å². The Kier molecular flexibility index (Phi) is 3.58. The molecule has 0 unspecified atom stereocenters. The molecular weight excluding hydrogens is 286 g/mol. The molecule has 0 bridgehead atoms. The molecule has 5 heteroatoms. The van der Waals surface area contributed by atoms with Crippen molar-refractivity contribution in [3.05, 3.63) is 17.1 Å². The number of rotatable bonds is 1. The Bertz CT molecular complexity index is 622.